The van der Waals surface area contributed by atoms with Gasteiger partial charge in [-0.05, 0) is 61.0 Å². The number of hydrogen-bond acceptors (Lipinski definition) is 6. The molecule has 2 aromatic carbocycles. The van der Waals surface area contributed by atoms with Crippen molar-refractivity contribution in [3.8, 4) is 17.7 Å². The number of aryl methyl sites for hydroxylation is 1. The van der Waals surface area contributed by atoms with E-state index >= 15 is 0 Å². The molecule has 0 saturated carbocycles. The molecule has 8 nitrogen and oxygen atoms in total. The molecule has 0 aliphatic carbocycles. The number of nitrogens with zero attached hydrogens (tertiary/aromatic N) is 2. The monoisotopic (exact) mass is 448 g/mol. The van der Waals surface area contributed by atoms with Crippen LogP contribution in [0.5, 0.6) is 11.6 Å². The van der Waals surface area contributed by atoms with Crippen molar-refractivity contribution in [2.45, 2.75) is 11.8 Å². The molecular formula is C23H20N4O4S. The van der Waals surface area contributed by atoms with Gasteiger partial charge in [-0.15, -0.1) is 6.58 Å². The van der Waals surface area contributed by atoms with Crippen molar-refractivity contribution < 1.29 is 17.9 Å². The first-order chi connectivity index (χ1) is 15.3. The molecule has 3 rings (SSSR count). The zero-order valence-electron chi connectivity index (χ0n) is 17.2. The second-order valence-electron chi connectivity index (χ2n) is 6.67. The molecule has 0 unspecified atom stereocenters. The highest BCUT2D eigenvalue weighted by Gasteiger charge is 2.16. The molecule has 0 fully saturated rings. The summed E-state index contributed by atoms with van der Waals surface area (Å²) in [5, 5.41) is 11.9. The molecule has 0 atom stereocenters. The molecule has 0 spiro atoms. The van der Waals surface area contributed by atoms with E-state index in [-0.39, 0.29) is 22.9 Å². The average molecular weight is 449 g/mol. The van der Waals surface area contributed by atoms with Gasteiger partial charge in [0.25, 0.3) is 5.91 Å². The Morgan fingerprint density at radius 2 is 2.03 bits per heavy atom. The molecule has 0 aliphatic rings. The second-order valence-corrected chi connectivity index (χ2v) is 8.44. The minimum atomic E-state index is -3.75. The summed E-state index contributed by atoms with van der Waals surface area (Å²) >= 11 is 0. The number of aromatic nitrogens is 1. The molecule has 0 bridgehead atoms. The van der Waals surface area contributed by atoms with Crippen LogP contribution in [0.2, 0.25) is 0 Å². The van der Waals surface area contributed by atoms with Crippen LogP contribution in [-0.2, 0) is 10.0 Å². The summed E-state index contributed by atoms with van der Waals surface area (Å²) in [7, 11) is -3.75. The zero-order valence-corrected chi connectivity index (χ0v) is 18.0. The SMILES string of the molecule is C=CCNS(=O)(=O)c1cccc(C(=O)Nc2ccc(Oc3ncccc3C#N)cc2C)c1. The van der Waals surface area contributed by atoms with Crippen LogP contribution >= 0.6 is 0 Å². The van der Waals surface area contributed by atoms with E-state index in [0.717, 1.165) is 0 Å². The molecule has 3 aromatic rings. The fourth-order valence-electron chi connectivity index (χ4n) is 2.76. The Bertz CT molecular complexity index is 1310. The number of amides is 1. The normalized spacial score (nSPS) is 10.8. The van der Waals surface area contributed by atoms with Crippen molar-refractivity contribution in [1.82, 2.24) is 9.71 Å². The Labute approximate surface area is 186 Å². The average Bonchev–Trinajstić information content (AvgIpc) is 2.80. The van der Waals surface area contributed by atoms with Gasteiger partial charge >= 0.3 is 0 Å². The van der Waals surface area contributed by atoms with Gasteiger partial charge in [0.2, 0.25) is 15.9 Å². The van der Waals surface area contributed by atoms with E-state index in [1.54, 1.807) is 37.3 Å². The van der Waals surface area contributed by atoms with Crippen molar-refractivity contribution >= 4 is 21.6 Å². The van der Waals surface area contributed by atoms with E-state index in [1.807, 2.05) is 6.07 Å². The molecule has 32 heavy (non-hydrogen) atoms. The van der Waals surface area contributed by atoms with E-state index in [1.165, 1.54) is 36.5 Å². The fraction of sp³-hybridized carbons (Fsp3) is 0.0870. The van der Waals surface area contributed by atoms with Crippen LogP contribution in [0.3, 0.4) is 0 Å². The van der Waals surface area contributed by atoms with Crippen LogP contribution in [0.25, 0.3) is 0 Å². The number of rotatable bonds is 8. The quantitative estimate of drug-likeness (QED) is 0.506. The first-order valence-electron chi connectivity index (χ1n) is 9.49. The third-order valence-electron chi connectivity index (χ3n) is 4.38. The molecule has 2 N–H and O–H groups in total. The minimum absolute atomic E-state index is 0.0175. The summed E-state index contributed by atoms with van der Waals surface area (Å²) in [5.41, 5.74) is 1.74. The summed E-state index contributed by atoms with van der Waals surface area (Å²) in [4.78, 5) is 16.7. The smallest absolute Gasteiger partial charge is 0.255 e. The molecule has 9 heteroatoms. The van der Waals surface area contributed by atoms with Crippen LogP contribution in [-0.4, -0.2) is 25.9 Å². The molecule has 0 radical (unpaired) electrons. The summed E-state index contributed by atoms with van der Waals surface area (Å²) in [6.07, 6.45) is 2.96. The molecule has 1 heterocycles. The van der Waals surface area contributed by atoms with Crippen LogP contribution in [0.4, 0.5) is 5.69 Å². The fourth-order valence-corrected chi connectivity index (χ4v) is 3.80. The lowest BCUT2D eigenvalue weighted by Gasteiger charge is -2.12. The minimum Gasteiger partial charge on any atom is -0.438 e. The number of pyridine rings is 1. The number of ether oxygens (including phenoxy) is 1. The maximum Gasteiger partial charge on any atom is 0.255 e. The molecule has 0 saturated heterocycles. The molecule has 0 aliphatic heterocycles. The van der Waals surface area contributed by atoms with Gasteiger partial charge in [-0.2, -0.15) is 5.26 Å². The number of carbonyl (C=O) groups is 1. The lowest BCUT2D eigenvalue weighted by molar-refractivity contribution is 0.102. The van der Waals surface area contributed by atoms with E-state index in [2.05, 4.69) is 21.6 Å². The van der Waals surface area contributed by atoms with Gasteiger partial charge in [-0.25, -0.2) is 18.1 Å². The predicted molar refractivity (Wildman–Crippen MR) is 120 cm³/mol. The van der Waals surface area contributed by atoms with Crippen molar-refractivity contribution in [3.63, 3.8) is 0 Å². The Morgan fingerprint density at radius 3 is 2.75 bits per heavy atom. The van der Waals surface area contributed by atoms with Gasteiger partial charge in [-0.3, -0.25) is 4.79 Å². The highest BCUT2D eigenvalue weighted by Crippen LogP contribution is 2.27. The van der Waals surface area contributed by atoms with Crippen LogP contribution < -0.4 is 14.8 Å². The maximum atomic E-state index is 12.7. The van der Waals surface area contributed by atoms with Gasteiger partial charge in [0, 0.05) is 24.0 Å². The van der Waals surface area contributed by atoms with E-state index in [9.17, 15) is 13.2 Å². The third kappa shape index (κ3) is 5.37. The van der Waals surface area contributed by atoms with E-state index in [4.69, 9.17) is 10.00 Å². The standard InChI is InChI=1S/C23H20N4O4S/c1-3-11-26-32(29,30)20-8-4-6-17(14-20)22(28)27-21-10-9-19(13-16(21)2)31-23-18(15-24)7-5-12-25-23/h3-10,12-14,26H,1,11H2,2H3,(H,27,28). The van der Waals surface area contributed by atoms with Crippen LogP contribution in [0.15, 0.2) is 78.3 Å². The van der Waals surface area contributed by atoms with Crippen molar-refractivity contribution in [3.05, 3.63) is 90.1 Å². The summed E-state index contributed by atoms with van der Waals surface area (Å²) in [6, 6.07) is 16.0. The maximum absolute atomic E-state index is 12.7. The first kappa shape index (κ1) is 22.7. The Hall–Kier alpha value is -4.00. The Morgan fingerprint density at radius 1 is 1.22 bits per heavy atom. The topological polar surface area (TPSA) is 121 Å². The largest absolute Gasteiger partial charge is 0.438 e. The lowest BCUT2D eigenvalue weighted by Crippen LogP contribution is -2.24. The number of anilines is 1. The molecular weight excluding hydrogens is 428 g/mol. The lowest BCUT2D eigenvalue weighted by atomic mass is 10.1. The Balaban J connectivity index is 1.77. The Kier molecular flexibility index (Phi) is 7.00. The van der Waals surface area contributed by atoms with Crippen molar-refractivity contribution in [1.29, 1.82) is 5.26 Å². The number of hydrogen-bond donors (Lipinski definition) is 2. The van der Waals surface area contributed by atoms with E-state index in [0.29, 0.717) is 22.6 Å². The van der Waals surface area contributed by atoms with Gasteiger partial charge in [0.1, 0.15) is 17.4 Å². The highest BCUT2D eigenvalue weighted by molar-refractivity contribution is 7.89. The second kappa shape index (κ2) is 9.87. The number of nitriles is 1. The molecule has 162 valence electrons. The molecule has 1 aromatic heterocycles. The first-order valence-corrected chi connectivity index (χ1v) is 11.0. The van der Waals surface area contributed by atoms with Gasteiger partial charge in [-0.1, -0.05) is 12.1 Å². The van der Waals surface area contributed by atoms with Crippen LogP contribution in [0.1, 0.15) is 21.5 Å². The van der Waals surface area contributed by atoms with E-state index < -0.39 is 15.9 Å². The number of carbonyl (C=O) groups excluding carboxylic acids is 1. The predicted octanol–water partition coefficient (Wildman–Crippen LogP) is 3.77. The molecule has 1 amide bonds. The van der Waals surface area contributed by atoms with Gasteiger partial charge < -0.3 is 10.1 Å². The highest BCUT2D eigenvalue weighted by atomic mass is 32.2. The third-order valence-corrected chi connectivity index (χ3v) is 5.80. The summed E-state index contributed by atoms with van der Waals surface area (Å²) in [6.45, 7) is 5.35. The van der Waals surface area contributed by atoms with Gasteiger partial charge in [0.15, 0.2) is 0 Å². The summed E-state index contributed by atoms with van der Waals surface area (Å²) < 4.78 is 32.6. The van der Waals surface area contributed by atoms with Crippen LogP contribution in [0, 0.1) is 18.3 Å². The number of sulfonamides is 1. The zero-order chi connectivity index (χ0) is 23.1. The number of nitrogens with one attached hydrogen (secondary N) is 2. The van der Waals surface area contributed by atoms with Crippen molar-refractivity contribution in [2.75, 3.05) is 11.9 Å². The van der Waals surface area contributed by atoms with Crippen molar-refractivity contribution in [2.24, 2.45) is 0 Å². The number of benzene rings is 2. The summed E-state index contributed by atoms with van der Waals surface area (Å²) in [5.74, 6) is 0.186. The van der Waals surface area contributed by atoms with Gasteiger partial charge in [0.05, 0.1) is 4.90 Å².